The summed E-state index contributed by atoms with van der Waals surface area (Å²) in [6, 6.07) is 5.27. The Morgan fingerprint density at radius 3 is 2.64 bits per heavy atom. The van der Waals surface area contributed by atoms with Crippen molar-refractivity contribution in [1.29, 1.82) is 0 Å². The fraction of sp³-hybridized carbons (Fsp3) is 0.375. The quantitative estimate of drug-likeness (QED) is 0.799. The van der Waals surface area contributed by atoms with Gasteiger partial charge in [0.2, 0.25) is 5.91 Å². The van der Waals surface area contributed by atoms with Gasteiger partial charge >= 0.3 is 5.97 Å². The monoisotopic (exact) mass is 382 g/mol. The second kappa shape index (κ2) is 7.01. The molecule has 1 aromatic carbocycles. The van der Waals surface area contributed by atoms with Crippen molar-refractivity contribution in [2.24, 2.45) is 0 Å². The zero-order valence-corrected chi connectivity index (χ0v) is 14.7. The minimum atomic E-state index is -1.01. The van der Waals surface area contributed by atoms with E-state index in [1.165, 1.54) is 10.9 Å². The number of aromatic nitrogens is 3. The van der Waals surface area contributed by atoms with Crippen LogP contribution in [0.4, 0.5) is 0 Å². The number of carbonyl (C=O) groups excluding carboxylic acids is 1. The van der Waals surface area contributed by atoms with Crippen LogP contribution < -0.4 is 5.32 Å². The van der Waals surface area contributed by atoms with Crippen molar-refractivity contribution in [3.63, 3.8) is 0 Å². The van der Waals surface area contributed by atoms with Crippen LogP contribution >= 0.6 is 23.2 Å². The molecular weight excluding hydrogens is 367 g/mol. The van der Waals surface area contributed by atoms with E-state index in [1.807, 2.05) is 6.07 Å². The van der Waals surface area contributed by atoms with Gasteiger partial charge in [0.05, 0.1) is 28.2 Å². The summed E-state index contributed by atoms with van der Waals surface area (Å²) in [7, 11) is 0. The molecule has 132 valence electrons. The molecule has 2 aromatic rings. The van der Waals surface area contributed by atoms with Gasteiger partial charge in [0.15, 0.2) is 0 Å². The summed E-state index contributed by atoms with van der Waals surface area (Å²) in [5.74, 6) is -1.11. The van der Waals surface area contributed by atoms with Crippen LogP contribution in [-0.4, -0.2) is 32.0 Å². The number of carboxylic acids is 1. The normalized spacial score (nSPS) is 15.4. The summed E-state index contributed by atoms with van der Waals surface area (Å²) >= 11 is 12.0. The number of benzene rings is 1. The summed E-state index contributed by atoms with van der Waals surface area (Å²) in [6.45, 7) is -0.0876. The van der Waals surface area contributed by atoms with Crippen molar-refractivity contribution in [2.75, 3.05) is 0 Å². The summed E-state index contributed by atoms with van der Waals surface area (Å²) in [6.07, 6.45) is 3.94. The van der Waals surface area contributed by atoms with Crippen LogP contribution in [0.1, 0.15) is 30.5 Å². The highest BCUT2D eigenvalue weighted by Gasteiger charge is 2.45. The molecular formula is C16H16Cl2N4O3. The first-order chi connectivity index (χ1) is 11.9. The molecule has 1 heterocycles. The Bertz CT molecular complexity index is 817. The number of hydrogen-bond donors (Lipinski definition) is 2. The fourth-order valence-electron chi connectivity index (χ4n) is 2.95. The lowest BCUT2D eigenvalue weighted by Crippen LogP contribution is -2.49. The van der Waals surface area contributed by atoms with E-state index in [9.17, 15) is 9.59 Å². The highest BCUT2D eigenvalue weighted by atomic mass is 35.5. The molecule has 2 N–H and O–H groups in total. The number of amides is 1. The molecule has 1 aliphatic rings. The maximum Gasteiger partial charge on any atom is 0.325 e. The number of hydrogen-bond acceptors (Lipinski definition) is 4. The van der Waals surface area contributed by atoms with Crippen LogP contribution in [0, 0.1) is 0 Å². The lowest BCUT2D eigenvalue weighted by atomic mass is 9.64. The summed E-state index contributed by atoms with van der Waals surface area (Å²) < 4.78 is 1.21. The molecule has 0 saturated heterocycles. The van der Waals surface area contributed by atoms with Crippen LogP contribution in [0.25, 0.3) is 0 Å². The Kier molecular flexibility index (Phi) is 4.96. The number of nitrogens with zero attached hydrogens (tertiary/aromatic N) is 3. The molecule has 0 radical (unpaired) electrons. The van der Waals surface area contributed by atoms with Crippen LogP contribution in [0.15, 0.2) is 24.4 Å². The molecule has 1 fully saturated rings. The van der Waals surface area contributed by atoms with Crippen LogP contribution in [-0.2, 0) is 28.1 Å². The lowest BCUT2D eigenvalue weighted by molar-refractivity contribution is -0.138. The Morgan fingerprint density at radius 1 is 1.28 bits per heavy atom. The van der Waals surface area contributed by atoms with E-state index in [0.717, 1.165) is 24.8 Å². The molecule has 0 aliphatic heterocycles. The number of aliphatic carboxylic acids is 1. The van der Waals surface area contributed by atoms with Gasteiger partial charge in [0.1, 0.15) is 12.2 Å². The summed E-state index contributed by atoms with van der Waals surface area (Å²) in [5.41, 5.74) is 0.740. The van der Waals surface area contributed by atoms with Crippen molar-refractivity contribution in [1.82, 2.24) is 20.3 Å². The molecule has 25 heavy (non-hydrogen) atoms. The third-order valence-corrected chi connectivity index (χ3v) is 5.17. The number of halogens is 2. The van der Waals surface area contributed by atoms with Crippen LogP contribution in [0.5, 0.6) is 0 Å². The van der Waals surface area contributed by atoms with Gasteiger partial charge in [-0.25, -0.2) is 4.68 Å². The van der Waals surface area contributed by atoms with E-state index >= 15 is 0 Å². The number of carboxylic acid groups (broad SMARTS) is 1. The zero-order chi connectivity index (χ0) is 18.0. The minimum absolute atomic E-state index is 0.107. The Labute approximate surface area is 153 Å². The molecule has 0 spiro atoms. The molecule has 0 bridgehead atoms. The van der Waals surface area contributed by atoms with E-state index in [0.29, 0.717) is 15.7 Å². The van der Waals surface area contributed by atoms with Crippen molar-refractivity contribution >= 4 is 35.1 Å². The maximum absolute atomic E-state index is 12.8. The Balaban J connectivity index is 1.69. The van der Waals surface area contributed by atoms with Crippen LogP contribution in [0.2, 0.25) is 10.0 Å². The van der Waals surface area contributed by atoms with Gasteiger partial charge in [-0.15, -0.1) is 5.10 Å². The summed E-state index contributed by atoms with van der Waals surface area (Å²) in [4.78, 5) is 23.4. The smallest absolute Gasteiger partial charge is 0.325 e. The first-order valence-corrected chi connectivity index (χ1v) is 8.51. The molecule has 0 unspecified atom stereocenters. The van der Waals surface area contributed by atoms with E-state index in [-0.39, 0.29) is 19.0 Å². The first-order valence-electron chi connectivity index (χ1n) is 7.75. The zero-order valence-electron chi connectivity index (χ0n) is 13.2. The highest BCUT2D eigenvalue weighted by molar-refractivity contribution is 6.42. The molecule has 3 rings (SSSR count). The van der Waals surface area contributed by atoms with E-state index in [4.69, 9.17) is 28.3 Å². The van der Waals surface area contributed by atoms with Crippen molar-refractivity contribution < 1.29 is 14.7 Å². The lowest BCUT2D eigenvalue weighted by Gasteiger charge is -2.40. The second-order valence-electron chi connectivity index (χ2n) is 6.05. The third kappa shape index (κ3) is 3.62. The van der Waals surface area contributed by atoms with Gasteiger partial charge in [-0.2, -0.15) is 0 Å². The van der Waals surface area contributed by atoms with Crippen molar-refractivity contribution in [2.45, 2.75) is 37.8 Å². The Hall–Kier alpha value is -2.12. The SMILES string of the molecule is O=C(O)Cn1cc(CNC(=O)C2(c3ccc(Cl)c(Cl)c3)CCC2)nn1. The number of carbonyl (C=O) groups is 2. The minimum Gasteiger partial charge on any atom is -0.480 e. The first kappa shape index (κ1) is 17.7. The van der Waals surface area contributed by atoms with E-state index in [1.54, 1.807) is 12.1 Å². The molecule has 1 saturated carbocycles. The molecule has 1 amide bonds. The highest BCUT2D eigenvalue weighted by Crippen LogP contribution is 2.45. The van der Waals surface area contributed by atoms with Crippen molar-refractivity contribution in [3.05, 3.63) is 45.7 Å². The van der Waals surface area contributed by atoms with Crippen molar-refractivity contribution in [3.8, 4) is 0 Å². The average molecular weight is 383 g/mol. The summed E-state index contributed by atoms with van der Waals surface area (Å²) in [5, 5.41) is 20.0. The van der Waals surface area contributed by atoms with Gasteiger partial charge < -0.3 is 10.4 Å². The Morgan fingerprint density at radius 2 is 2.04 bits per heavy atom. The van der Waals surface area contributed by atoms with Gasteiger partial charge in [0.25, 0.3) is 0 Å². The standard InChI is InChI=1S/C16H16Cl2N4O3/c17-12-3-2-10(6-13(12)18)16(4-1-5-16)15(25)19-7-11-8-22(21-20-11)9-14(23)24/h2-3,6,8H,1,4-5,7,9H2,(H,19,25)(H,23,24). The van der Waals surface area contributed by atoms with Crippen LogP contribution in [0.3, 0.4) is 0 Å². The third-order valence-electron chi connectivity index (χ3n) is 4.43. The molecule has 9 heteroatoms. The average Bonchev–Trinajstić information content (AvgIpc) is 2.94. The van der Waals surface area contributed by atoms with Gasteiger partial charge in [0, 0.05) is 0 Å². The second-order valence-corrected chi connectivity index (χ2v) is 6.86. The fourth-order valence-corrected chi connectivity index (χ4v) is 3.24. The van der Waals surface area contributed by atoms with Gasteiger partial charge in [-0.1, -0.05) is 40.9 Å². The number of nitrogens with one attached hydrogen (secondary N) is 1. The predicted octanol–water partition coefficient (Wildman–Crippen LogP) is 2.41. The molecule has 0 atom stereocenters. The molecule has 7 nitrogen and oxygen atoms in total. The van der Waals surface area contributed by atoms with Gasteiger partial charge in [-0.05, 0) is 30.5 Å². The predicted molar refractivity (Wildman–Crippen MR) is 91.5 cm³/mol. The molecule has 1 aliphatic carbocycles. The van der Waals surface area contributed by atoms with E-state index < -0.39 is 11.4 Å². The number of rotatable bonds is 6. The topological polar surface area (TPSA) is 97.1 Å². The molecule has 1 aromatic heterocycles. The van der Waals surface area contributed by atoms with E-state index in [2.05, 4.69) is 15.6 Å². The maximum atomic E-state index is 12.8. The largest absolute Gasteiger partial charge is 0.480 e. The van der Waals surface area contributed by atoms with Gasteiger partial charge in [-0.3, -0.25) is 9.59 Å².